The molecule has 3 nitrogen and oxygen atoms in total. The van der Waals surface area contributed by atoms with Gasteiger partial charge in [0.05, 0.1) is 12.7 Å². The second kappa shape index (κ2) is 12.2. The van der Waals surface area contributed by atoms with E-state index in [-0.39, 0.29) is 18.0 Å². The summed E-state index contributed by atoms with van der Waals surface area (Å²) in [6, 6.07) is 56.0. The third-order valence-electron chi connectivity index (χ3n) is 8.65. The average molecular weight is 571 g/mol. The molecule has 0 saturated carbocycles. The van der Waals surface area contributed by atoms with Crippen molar-refractivity contribution in [2.75, 3.05) is 13.6 Å². The molecule has 0 unspecified atom stereocenters. The van der Waals surface area contributed by atoms with Crippen LogP contribution in [0.2, 0.25) is 0 Å². The van der Waals surface area contributed by atoms with Crippen LogP contribution in [0.15, 0.2) is 158 Å². The predicted octanol–water partition coefficient (Wildman–Crippen LogP) is 8.87. The number of nitrogens with zero attached hydrogens (tertiary/aromatic N) is 1. The number of hydrogen-bond donors (Lipinski definition) is 1. The molecular weight excluding hydrogens is 536 g/mol. The van der Waals surface area contributed by atoms with Crippen LogP contribution < -0.4 is 5.32 Å². The zero-order valence-electron chi connectivity index (χ0n) is 24.7. The van der Waals surface area contributed by atoms with Gasteiger partial charge in [0.25, 0.3) is 0 Å². The molecule has 1 fully saturated rings. The molecular formula is C41H34N2O. The van der Waals surface area contributed by atoms with E-state index in [2.05, 4.69) is 163 Å². The monoisotopic (exact) mass is 570 g/mol. The van der Waals surface area contributed by atoms with E-state index in [4.69, 9.17) is 0 Å². The number of nitrogens with one attached hydrogen (secondary N) is 1. The van der Waals surface area contributed by atoms with Gasteiger partial charge in [-0.2, -0.15) is 0 Å². The summed E-state index contributed by atoms with van der Waals surface area (Å²) in [7, 11) is 1.91. The van der Waals surface area contributed by atoms with Crippen LogP contribution in [0.5, 0.6) is 0 Å². The number of benzene rings is 6. The van der Waals surface area contributed by atoms with Crippen molar-refractivity contribution in [1.82, 2.24) is 10.2 Å². The van der Waals surface area contributed by atoms with Gasteiger partial charge in [0.15, 0.2) is 0 Å². The second-order valence-electron chi connectivity index (χ2n) is 11.5. The van der Waals surface area contributed by atoms with Crippen molar-refractivity contribution in [1.29, 1.82) is 0 Å². The molecule has 44 heavy (non-hydrogen) atoms. The van der Waals surface area contributed by atoms with Crippen molar-refractivity contribution in [3.8, 4) is 44.5 Å². The maximum Gasteiger partial charge on any atom is 0.237 e. The van der Waals surface area contributed by atoms with Crippen LogP contribution in [0.4, 0.5) is 0 Å². The van der Waals surface area contributed by atoms with E-state index >= 15 is 0 Å². The molecule has 1 saturated heterocycles. The fraction of sp³-hybridized carbons (Fsp3) is 0.0976. The van der Waals surface area contributed by atoms with Crippen molar-refractivity contribution in [3.05, 3.63) is 169 Å². The van der Waals surface area contributed by atoms with Crippen LogP contribution in [-0.2, 0) is 4.79 Å². The van der Waals surface area contributed by atoms with E-state index < -0.39 is 0 Å². The lowest BCUT2D eigenvalue weighted by atomic mass is 9.82. The van der Waals surface area contributed by atoms with Gasteiger partial charge in [-0.25, -0.2) is 0 Å². The molecule has 7 rings (SSSR count). The summed E-state index contributed by atoms with van der Waals surface area (Å²) in [6.07, 6.45) is -0.202. The Hall–Kier alpha value is -5.25. The molecule has 1 N–H and O–H groups in total. The molecule has 1 atom stereocenters. The highest BCUT2D eigenvalue weighted by Gasteiger charge is 2.36. The topological polar surface area (TPSA) is 32.3 Å². The largest absolute Gasteiger partial charge is 0.328 e. The van der Waals surface area contributed by atoms with Crippen LogP contribution in [0.25, 0.3) is 44.5 Å². The lowest BCUT2D eigenvalue weighted by Crippen LogP contribution is -2.40. The van der Waals surface area contributed by atoms with Gasteiger partial charge >= 0.3 is 0 Å². The van der Waals surface area contributed by atoms with Gasteiger partial charge in [-0.15, -0.1) is 0 Å². The third kappa shape index (κ3) is 5.58. The molecule has 3 heteroatoms. The molecule has 1 heterocycles. The Morgan fingerprint density at radius 1 is 0.500 bits per heavy atom. The Labute approximate surface area is 259 Å². The SMILES string of the molecule is CN1C(=O)CN[C@H]1C(c1cc(-c2ccccc2)cc(-c2ccccc2)c1)c1cc(-c2ccccc2)cc(-c2ccccc2)c1. The zero-order chi connectivity index (χ0) is 29.9. The Kier molecular flexibility index (Phi) is 7.62. The summed E-state index contributed by atoms with van der Waals surface area (Å²) in [5.74, 6) is -0.0197. The van der Waals surface area contributed by atoms with E-state index in [9.17, 15) is 4.79 Å². The van der Waals surface area contributed by atoms with Crippen molar-refractivity contribution >= 4 is 5.91 Å². The Bertz CT molecular complexity index is 1640. The number of amides is 1. The molecule has 0 aromatic heterocycles. The summed E-state index contributed by atoms with van der Waals surface area (Å²) < 4.78 is 0. The second-order valence-corrected chi connectivity index (χ2v) is 11.5. The van der Waals surface area contributed by atoms with Crippen LogP contribution >= 0.6 is 0 Å². The molecule has 1 aliphatic heterocycles. The van der Waals surface area contributed by atoms with Crippen molar-refractivity contribution in [2.24, 2.45) is 0 Å². The minimum absolute atomic E-state index is 0.102. The van der Waals surface area contributed by atoms with Gasteiger partial charge in [0.1, 0.15) is 0 Å². The maximum absolute atomic E-state index is 13.0. The average Bonchev–Trinajstić information content (AvgIpc) is 3.43. The number of likely N-dealkylation sites (N-methyl/N-ethyl adjacent to an activating group) is 1. The first-order valence-corrected chi connectivity index (χ1v) is 15.1. The quantitative estimate of drug-likeness (QED) is 0.208. The van der Waals surface area contributed by atoms with Crippen molar-refractivity contribution in [3.63, 3.8) is 0 Å². The Morgan fingerprint density at radius 2 is 0.818 bits per heavy atom. The zero-order valence-corrected chi connectivity index (χ0v) is 24.7. The van der Waals surface area contributed by atoms with Crippen molar-refractivity contribution in [2.45, 2.75) is 12.1 Å². The summed E-state index contributed by atoms with van der Waals surface area (Å²) in [5, 5.41) is 3.57. The normalized spacial score (nSPS) is 14.7. The summed E-state index contributed by atoms with van der Waals surface area (Å²) in [5.41, 5.74) is 11.6. The predicted molar refractivity (Wildman–Crippen MR) is 181 cm³/mol. The van der Waals surface area contributed by atoms with Crippen LogP contribution in [0, 0.1) is 0 Å². The minimum atomic E-state index is -0.202. The van der Waals surface area contributed by atoms with E-state index in [0.29, 0.717) is 6.54 Å². The number of carbonyl (C=O) groups is 1. The summed E-state index contributed by atoms with van der Waals surface area (Å²) >= 11 is 0. The molecule has 0 aliphatic carbocycles. The third-order valence-corrected chi connectivity index (χ3v) is 8.65. The van der Waals surface area contributed by atoms with Crippen LogP contribution in [0.1, 0.15) is 17.0 Å². The molecule has 1 amide bonds. The smallest absolute Gasteiger partial charge is 0.237 e. The Balaban J connectivity index is 1.48. The molecule has 0 spiro atoms. The fourth-order valence-electron chi connectivity index (χ4n) is 6.36. The molecule has 6 aromatic rings. The molecule has 1 aliphatic rings. The first kappa shape index (κ1) is 27.6. The van der Waals surface area contributed by atoms with Gasteiger partial charge in [-0.05, 0) is 67.8 Å². The Morgan fingerprint density at radius 3 is 1.09 bits per heavy atom. The summed E-state index contributed by atoms with van der Waals surface area (Å²) in [4.78, 5) is 14.8. The number of carbonyl (C=O) groups excluding carboxylic acids is 1. The minimum Gasteiger partial charge on any atom is -0.328 e. The highest BCUT2D eigenvalue weighted by molar-refractivity contribution is 5.82. The maximum atomic E-state index is 13.0. The first-order chi connectivity index (χ1) is 21.6. The number of hydrogen-bond acceptors (Lipinski definition) is 2. The molecule has 0 bridgehead atoms. The molecule has 0 radical (unpaired) electrons. The molecule has 214 valence electrons. The first-order valence-electron chi connectivity index (χ1n) is 15.1. The standard InChI is InChI=1S/C41H34N2O/c1-43-39(44)28-42-41(43)40(37-24-33(29-14-6-2-7-15-29)22-34(25-37)30-16-8-3-9-17-30)38-26-35(31-18-10-4-11-19-31)23-36(27-38)32-20-12-5-13-21-32/h2-27,40-42H,28H2,1H3/t41-/m1/s1. The van der Waals surface area contributed by atoms with Crippen LogP contribution in [0.3, 0.4) is 0 Å². The summed E-state index contributed by atoms with van der Waals surface area (Å²) in [6.45, 7) is 0.325. The van der Waals surface area contributed by atoms with Gasteiger partial charge in [-0.3, -0.25) is 10.1 Å². The van der Waals surface area contributed by atoms with E-state index in [0.717, 1.165) is 55.6 Å². The van der Waals surface area contributed by atoms with Crippen molar-refractivity contribution < 1.29 is 4.79 Å². The van der Waals surface area contributed by atoms with E-state index in [1.165, 1.54) is 0 Å². The highest BCUT2D eigenvalue weighted by atomic mass is 16.2. The lowest BCUT2D eigenvalue weighted by molar-refractivity contribution is -0.126. The van der Waals surface area contributed by atoms with Gasteiger partial charge in [0, 0.05) is 13.0 Å². The lowest BCUT2D eigenvalue weighted by Gasteiger charge is -2.31. The molecule has 6 aromatic carbocycles. The van der Waals surface area contributed by atoms with Gasteiger partial charge < -0.3 is 4.90 Å². The number of rotatable bonds is 7. The fourth-order valence-corrected chi connectivity index (χ4v) is 6.36. The highest BCUT2D eigenvalue weighted by Crippen LogP contribution is 2.40. The van der Waals surface area contributed by atoms with Gasteiger partial charge in [-0.1, -0.05) is 146 Å². The van der Waals surface area contributed by atoms with E-state index in [1.807, 2.05) is 11.9 Å². The van der Waals surface area contributed by atoms with Gasteiger partial charge in [0.2, 0.25) is 5.91 Å². The van der Waals surface area contributed by atoms with E-state index in [1.54, 1.807) is 0 Å². The van der Waals surface area contributed by atoms with Crippen LogP contribution in [-0.4, -0.2) is 30.6 Å².